The molecule has 0 saturated heterocycles. The second-order valence-corrected chi connectivity index (χ2v) is 5.84. The predicted octanol–water partition coefficient (Wildman–Crippen LogP) is 3.84. The number of hydrogen-bond acceptors (Lipinski definition) is 4. The summed E-state index contributed by atoms with van der Waals surface area (Å²) in [6, 6.07) is 5.43. The van der Waals surface area contributed by atoms with E-state index in [4.69, 9.17) is 28.9 Å². The van der Waals surface area contributed by atoms with Crippen LogP contribution in [-0.4, -0.2) is 10.3 Å². The Morgan fingerprint density at radius 2 is 2.17 bits per heavy atom. The molecule has 0 unspecified atom stereocenters. The van der Waals surface area contributed by atoms with Gasteiger partial charge >= 0.3 is 0 Å². The van der Waals surface area contributed by atoms with Gasteiger partial charge in [0.1, 0.15) is 5.03 Å². The Kier molecular flexibility index (Phi) is 4.50. The molecule has 0 aliphatic rings. The largest absolute Gasteiger partial charge is 0.365 e. The van der Waals surface area contributed by atoms with E-state index in [2.05, 4.69) is 4.37 Å². The number of benzene rings is 1. The average molecular weight is 319 g/mol. The zero-order valence-corrected chi connectivity index (χ0v) is 12.2. The van der Waals surface area contributed by atoms with Gasteiger partial charge in [0.25, 0.3) is 5.91 Å². The number of thioether (sulfide) groups is 1. The molecule has 0 atom stereocenters. The molecule has 94 valence electrons. The van der Waals surface area contributed by atoms with Crippen LogP contribution in [0.3, 0.4) is 0 Å². The van der Waals surface area contributed by atoms with Gasteiger partial charge in [-0.1, -0.05) is 41.0 Å². The van der Waals surface area contributed by atoms with Gasteiger partial charge in [-0.25, -0.2) is 0 Å². The maximum Gasteiger partial charge on any atom is 0.252 e. The number of halogens is 2. The Hall–Kier alpha value is -0.750. The molecule has 0 radical (unpaired) electrons. The molecule has 0 saturated carbocycles. The lowest BCUT2D eigenvalue weighted by Crippen LogP contribution is -2.10. The monoisotopic (exact) mass is 318 g/mol. The van der Waals surface area contributed by atoms with Crippen molar-refractivity contribution in [2.75, 3.05) is 0 Å². The summed E-state index contributed by atoms with van der Waals surface area (Å²) in [6.45, 7) is 0. The molecule has 1 aromatic carbocycles. The normalized spacial score (nSPS) is 10.6. The summed E-state index contributed by atoms with van der Waals surface area (Å²) >= 11 is 14.4. The average Bonchev–Trinajstić information content (AvgIpc) is 2.79. The van der Waals surface area contributed by atoms with Crippen molar-refractivity contribution in [3.05, 3.63) is 44.8 Å². The van der Waals surface area contributed by atoms with Crippen LogP contribution >= 0.6 is 46.5 Å². The van der Waals surface area contributed by atoms with E-state index in [1.807, 2.05) is 6.07 Å². The molecule has 18 heavy (non-hydrogen) atoms. The highest BCUT2D eigenvalue weighted by atomic mass is 35.5. The van der Waals surface area contributed by atoms with E-state index in [9.17, 15) is 4.79 Å². The molecule has 3 nitrogen and oxygen atoms in total. The van der Waals surface area contributed by atoms with Crippen molar-refractivity contribution < 1.29 is 4.79 Å². The first-order valence-electron chi connectivity index (χ1n) is 4.89. The molecule has 1 heterocycles. The minimum Gasteiger partial charge on any atom is -0.365 e. The molecule has 0 spiro atoms. The molecular formula is C11H8Cl2N2OS2. The Bertz CT molecular complexity index is 586. The second-order valence-electron chi connectivity index (χ2n) is 3.43. The fourth-order valence-electron chi connectivity index (χ4n) is 1.28. The Morgan fingerprint density at radius 1 is 1.39 bits per heavy atom. The molecule has 2 rings (SSSR count). The summed E-state index contributed by atoms with van der Waals surface area (Å²) in [4.78, 5) is 11.1. The van der Waals surface area contributed by atoms with Crippen LogP contribution < -0.4 is 5.73 Å². The standard InChI is InChI=1S/C11H8Cl2N2OS2/c12-8-2-1-6(3-9(8)13)4-17-11-7(10(14)16)5-18-15-11/h1-3,5H,4H2,(H2,14,16). The van der Waals surface area contributed by atoms with Crippen LogP contribution in [0, 0.1) is 0 Å². The summed E-state index contributed by atoms with van der Waals surface area (Å²) < 4.78 is 4.14. The number of aromatic nitrogens is 1. The van der Waals surface area contributed by atoms with Crippen molar-refractivity contribution in [3.63, 3.8) is 0 Å². The third-order valence-corrected chi connectivity index (χ3v) is 4.71. The summed E-state index contributed by atoms with van der Waals surface area (Å²) in [5.41, 5.74) is 6.72. The molecule has 7 heteroatoms. The maximum atomic E-state index is 11.1. The smallest absolute Gasteiger partial charge is 0.252 e. The van der Waals surface area contributed by atoms with E-state index in [1.54, 1.807) is 17.5 Å². The highest BCUT2D eigenvalue weighted by Crippen LogP contribution is 2.29. The first-order valence-corrected chi connectivity index (χ1v) is 7.46. The van der Waals surface area contributed by atoms with Gasteiger partial charge in [-0.05, 0) is 29.2 Å². The van der Waals surface area contributed by atoms with Gasteiger partial charge in [-0.2, -0.15) is 4.37 Å². The van der Waals surface area contributed by atoms with Gasteiger partial charge in [-0.15, -0.1) is 0 Å². The predicted molar refractivity (Wildman–Crippen MR) is 76.7 cm³/mol. The van der Waals surface area contributed by atoms with Crippen molar-refractivity contribution in [3.8, 4) is 0 Å². The third-order valence-electron chi connectivity index (χ3n) is 2.16. The van der Waals surface area contributed by atoms with Gasteiger partial charge in [0.15, 0.2) is 0 Å². The molecule has 1 amide bonds. The second kappa shape index (κ2) is 5.93. The number of carbonyl (C=O) groups excluding carboxylic acids is 1. The van der Waals surface area contributed by atoms with Crippen LogP contribution in [0.25, 0.3) is 0 Å². The lowest BCUT2D eigenvalue weighted by molar-refractivity contribution is 0.0997. The molecule has 0 bridgehead atoms. The van der Waals surface area contributed by atoms with Crippen molar-refractivity contribution in [1.29, 1.82) is 0 Å². The quantitative estimate of drug-likeness (QED) is 0.871. The van der Waals surface area contributed by atoms with Crippen molar-refractivity contribution in [2.45, 2.75) is 10.8 Å². The van der Waals surface area contributed by atoms with Gasteiger partial charge in [0.05, 0.1) is 15.6 Å². The summed E-state index contributed by atoms with van der Waals surface area (Å²) in [5, 5.41) is 3.35. The molecular weight excluding hydrogens is 311 g/mol. The van der Waals surface area contributed by atoms with E-state index in [0.717, 1.165) is 5.56 Å². The number of nitrogens with zero attached hydrogens (tertiary/aromatic N) is 1. The fraction of sp³-hybridized carbons (Fsp3) is 0.0909. The van der Waals surface area contributed by atoms with E-state index in [-0.39, 0.29) is 0 Å². The fourth-order valence-corrected chi connectivity index (χ4v) is 3.39. The van der Waals surface area contributed by atoms with Crippen LogP contribution in [0.2, 0.25) is 10.0 Å². The molecule has 1 aromatic heterocycles. The Morgan fingerprint density at radius 3 is 2.83 bits per heavy atom. The van der Waals surface area contributed by atoms with E-state index < -0.39 is 5.91 Å². The first kappa shape index (κ1) is 13.7. The number of carbonyl (C=O) groups is 1. The SMILES string of the molecule is NC(=O)c1csnc1SCc1ccc(Cl)c(Cl)c1. The van der Waals surface area contributed by atoms with Gasteiger partial charge < -0.3 is 5.73 Å². The van der Waals surface area contributed by atoms with Gasteiger partial charge in [-0.3, -0.25) is 4.79 Å². The minimum absolute atomic E-state index is 0.458. The zero-order chi connectivity index (χ0) is 13.1. The number of nitrogens with two attached hydrogens (primary N) is 1. The summed E-state index contributed by atoms with van der Waals surface area (Å²) in [7, 11) is 0. The maximum absolute atomic E-state index is 11.1. The Balaban J connectivity index is 2.09. The highest BCUT2D eigenvalue weighted by molar-refractivity contribution is 7.98. The lowest BCUT2D eigenvalue weighted by atomic mass is 10.2. The topological polar surface area (TPSA) is 56.0 Å². The van der Waals surface area contributed by atoms with Crippen LogP contribution in [0.1, 0.15) is 15.9 Å². The molecule has 0 aliphatic carbocycles. The van der Waals surface area contributed by atoms with Crippen molar-refractivity contribution in [2.24, 2.45) is 5.73 Å². The number of amides is 1. The molecule has 2 aromatic rings. The lowest BCUT2D eigenvalue weighted by Gasteiger charge is -2.02. The number of primary amides is 1. The van der Waals surface area contributed by atoms with Crippen LogP contribution in [-0.2, 0) is 5.75 Å². The van der Waals surface area contributed by atoms with Crippen molar-refractivity contribution in [1.82, 2.24) is 4.37 Å². The third kappa shape index (κ3) is 3.17. The van der Waals surface area contributed by atoms with E-state index >= 15 is 0 Å². The van der Waals surface area contributed by atoms with Crippen LogP contribution in [0.15, 0.2) is 28.6 Å². The van der Waals surface area contributed by atoms with Gasteiger partial charge in [0, 0.05) is 11.1 Å². The zero-order valence-electron chi connectivity index (χ0n) is 9.02. The number of hydrogen-bond donors (Lipinski definition) is 1. The van der Waals surface area contributed by atoms with Gasteiger partial charge in [0.2, 0.25) is 0 Å². The van der Waals surface area contributed by atoms with E-state index in [1.165, 1.54) is 23.3 Å². The first-order chi connectivity index (χ1) is 8.58. The Labute approximate surface area is 122 Å². The summed E-state index contributed by atoms with van der Waals surface area (Å²) in [6.07, 6.45) is 0. The minimum atomic E-state index is -0.458. The summed E-state index contributed by atoms with van der Waals surface area (Å²) in [5.74, 6) is 0.196. The van der Waals surface area contributed by atoms with Crippen LogP contribution in [0.5, 0.6) is 0 Å². The van der Waals surface area contributed by atoms with Crippen molar-refractivity contribution >= 4 is 52.4 Å². The molecule has 0 fully saturated rings. The molecule has 0 aliphatic heterocycles. The number of rotatable bonds is 4. The molecule has 2 N–H and O–H groups in total. The highest BCUT2D eigenvalue weighted by Gasteiger charge is 2.12. The van der Waals surface area contributed by atoms with E-state index in [0.29, 0.717) is 26.4 Å². The van der Waals surface area contributed by atoms with Crippen LogP contribution in [0.4, 0.5) is 0 Å².